The lowest BCUT2D eigenvalue weighted by Crippen LogP contribution is -2.48. The largest absolute Gasteiger partial charge is 0.357 e. The zero-order valence-corrected chi connectivity index (χ0v) is 21.6. The number of hydrogen-bond donors (Lipinski definition) is 3. The predicted molar refractivity (Wildman–Crippen MR) is 142 cm³/mol. The SMILES string of the molecule is CCNC(=NCCNC(=O)Cc1ccc(F)cc1)NC1CCN(Cc2ccccc2)CC1.I. The van der Waals surface area contributed by atoms with Crippen molar-refractivity contribution in [2.75, 3.05) is 32.7 Å². The Kier molecular flexibility index (Phi) is 12.2. The molecule has 3 rings (SSSR count). The van der Waals surface area contributed by atoms with E-state index in [1.165, 1.54) is 17.7 Å². The lowest BCUT2D eigenvalue weighted by molar-refractivity contribution is -0.120. The summed E-state index contributed by atoms with van der Waals surface area (Å²) in [6.45, 7) is 6.92. The Morgan fingerprint density at radius 3 is 2.39 bits per heavy atom. The predicted octanol–water partition coefficient (Wildman–Crippen LogP) is 3.32. The van der Waals surface area contributed by atoms with Crippen LogP contribution in [0.5, 0.6) is 0 Å². The van der Waals surface area contributed by atoms with Gasteiger partial charge in [-0.1, -0.05) is 42.5 Å². The number of aliphatic imine (C=N–C) groups is 1. The molecule has 33 heavy (non-hydrogen) atoms. The van der Waals surface area contributed by atoms with Gasteiger partial charge in [0.05, 0.1) is 13.0 Å². The Morgan fingerprint density at radius 1 is 1.03 bits per heavy atom. The van der Waals surface area contributed by atoms with Gasteiger partial charge in [0.15, 0.2) is 5.96 Å². The van der Waals surface area contributed by atoms with Crippen molar-refractivity contribution in [2.45, 2.75) is 38.8 Å². The number of amides is 1. The number of nitrogens with one attached hydrogen (secondary N) is 3. The van der Waals surface area contributed by atoms with E-state index in [1.54, 1.807) is 12.1 Å². The van der Waals surface area contributed by atoms with E-state index >= 15 is 0 Å². The molecule has 180 valence electrons. The molecule has 0 saturated carbocycles. The third-order valence-electron chi connectivity index (χ3n) is 5.50. The highest BCUT2D eigenvalue weighted by Gasteiger charge is 2.20. The van der Waals surface area contributed by atoms with E-state index in [-0.39, 0.29) is 42.1 Å². The molecule has 1 aliphatic rings. The molecule has 0 atom stereocenters. The molecule has 2 aromatic rings. The summed E-state index contributed by atoms with van der Waals surface area (Å²) in [7, 11) is 0. The topological polar surface area (TPSA) is 68.8 Å². The number of halogens is 2. The van der Waals surface area contributed by atoms with Gasteiger partial charge in [-0.15, -0.1) is 24.0 Å². The van der Waals surface area contributed by atoms with Crippen molar-refractivity contribution in [1.82, 2.24) is 20.9 Å². The summed E-state index contributed by atoms with van der Waals surface area (Å²) in [6.07, 6.45) is 2.39. The van der Waals surface area contributed by atoms with E-state index in [2.05, 4.69) is 56.2 Å². The molecule has 6 nitrogen and oxygen atoms in total. The fraction of sp³-hybridized carbons (Fsp3) is 0.440. The molecular weight excluding hydrogens is 532 g/mol. The highest BCUT2D eigenvalue weighted by Crippen LogP contribution is 2.13. The third-order valence-corrected chi connectivity index (χ3v) is 5.50. The Morgan fingerprint density at radius 2 is 1.73 bits per heavy atom. The van der Waals surface area contributed by atoms with Gasteiger partial charge in [0.1, 0.15) is 5.82 Å². The summed E-state index contributed by atoms with van der Waals surface area (Å²) in [4.78, 5) is 19.2. The number of piperidine rings is 1. The number of carbonyl (C=O) groups excluding carboxylic acids is 1. The van der Waals surface area contributed by atoms with Crippen LogP contribution in [0.4, 0.5) is 4.39 Å². The first-order valence-corrected chi connectivity index (χ1v) is 11.4. The average molecular weight is 567 g/mol. The van der Waals surface area contributed by atoms with E-state index in [4.69, 9.17) is 0 Å². The normalized spacial score (nSPS) is 14.9. The Hall–Kier alpha value is -2.20. The number of likely N-dealkylation sites (tertiary alicyclic amines) is 1. The van der Waals surface area contributed by atoms with Crippen molar-refractivity contribution in [3.63, 3.8) is 0 Å². The Labute approximate surface area is 213 Å². The molecule has 3 N–H and O–H groups in total. The van der Waals surface area contributed by atoms with Crippen molar-refractivity contribution < 1.29 is 9.18 Å². The van der Waals surface area contributed by atoms with Crippen LogP contribution in [0.25, 0.3) is 0 Å². The van der Waals surface area contributed by atoms with Crippen LogP contribution in [-0.4, -0.2) is 55.5 Å². The van der Waals surface area contributed by atoms with Gasteiger partial charge in [-0.25, -0.2) is 4.39 Å². The van der Waals surface area contributed by atoms with Crippen LogP contribution in [0.3, 0.4) is 0 Å². The van der Waals surface area contributed by atoms with Gasteiger partial charge in [0.2, 0.25) is 5.91 Å². The van der Waals surface area contributed by atoms with Crippen LogP contribution in [0.1, 0.15) is 30.9 Å². The van der Waals surface area contributed by atoms with E-state index < -0.39 is 0 Å². The van der Waals surface area contributed by atoms with Crippen molar-refractivity contribution >= 4 is 35.8 Å². The van der Waals surface area contributed by atoms with Crippen LogP contribution < -0.4 is 16.0 Å². The Balaban J connectivity index is 0.00000385. The molecule has 0 bridgehead atoms. The lowest BCUT2D eigenvalue weighted by Gasteiger charge is -2.33. The van der Waals surface area contributed by atoms with Crippen LogP contribution in [0.15, 0.2) is 59.6 Å². The monoisotopic (exact) mass is 567 g/mol. The van der Waals surface area contributed by atoms with Gasteiger partial charge in [0, 0.05) is 38.8 Å². The minimum atomic E-state index is -0.297. The second-order valence-electron chi connectivity index (χ2n) is 8.09. The van der Waals surface area contributed by atoms with Crippen molar-refractivity contribution in [3.05, 3.63) is 71.5 Å². The number of guanidine groups is 1. The maximum Gasteiger partial charge on any atom is 0.224 e. The molecule has 1 saturated heterocycles. The molecule has 0 spiro atoms. The van der Waals surface area contributed by atoms with Crippen molar-refractivity contribution in [3.8, 4) is 0 Å². The molecule has 0 aliphatic carbocycles. The first-order chi connectivity index (χ1) is 15.6. The second-order valence-corrected chi connectivity index (χ2v) is 8.09. The smallest absolute Gasteiger partial charge is 0.224 e. The van der Waals surface area contributed by atoms with E-state index in [1.807, 2.05) is 6.92 Å². The standard InChI is InChI=1S/C25H34FN5O.HI/c1-2-27-25(29-15-14-28-24(32)18-20-8-10-22(26)11-9-20)30-23-12-16-31(17-13-23)19-21-6-4-3-5-7-21;/h3-11,23H,2,12-19H2,1H3,(H,28,32)(H2,27,29,30);1H. The summed E-state index contributed by atoms with van der Waals surface area (Å²) in [5, 5.41) is 9.70. The molecule has 1 amide bonds. The quantitative estimate of drug-likeness (QED) is 0.188. The van der Waals surface area contributed by atoms with Gasteiger partial charge < -0.3 is 16.0 Å². The highest BCUT2D eigenvalue weighted by molar-refractivity contribution is 14.0. The number of benzene rings is 2. The molecule has 8 heteroatoms. The molecule has 1 fully saturated rings. The van der Waals surface area contributed by atoms with Crippen LogP contribution in [-0.2, 0) is 17.8 Å². The van der Waals surface area contributed by atoms with Gasteiger partial charge in [-0.05, 0) is 43.0 Å². The average Bonchev–Trinajstić information content (AvgIpc) is 2.80. The molecule has 2 aromatic carbocycles. The molecule has 0 aromatic heterocycles. The minimum Gasteiger partial charge on any atom is -0.357 e. The summed E-state index contributed by atoms with van der Waals surface area (Å²) < 4.78 is 13.0. The van der Waals surface area contributed by atoms with Crippen LogP contribution >= 0.6 is 24.0 Å². The van der Waals surface area contributed by atoms with Crippen molar-refractivity contribution in [2.24, 2.45) is 4.99 Å². The number of rotatable bonds is 9. The van der Waals surface area contributed by atoms with Gasteiger partial charge in [-0.2, -0.15) is 0 Å². The number of hydrogen-bond acceptors (Lipinski definition) is 3. The fourth-order valence-electron chi connectivity index (χ4n) is 3.80. The minimum absolute atomic E-state index is 0. The summed E-state index contributed by atoms with van der Waals surface area (Å²) in [6, 6.07) is 17.0. The lowest BCUT2D eigenvalue weighted by atomic mass is 10.0. The van der Waals surface area contributed by atoms with Crippen LogP contribution in [0.2, 0.25) is 0 Å². The summed E-state index contributed by atoms with van der Waals surface area (Å²) >= 11 is 0. The van der Waals surface area contributed by atoms with Gasteiger partial charge in [-0.3, -0.25) is 14.7 Å². The van der Waals surface area contributed by atoms with Crippen LogP contribution in [0, 0.1) is 5.82 Å². The first kappa shape index (κ1) is 27.0. The van der Waals surface area contributed by atoms with Crippen molar-refractivity contribution in [1.29, 1.82) is 0 Å². The molecular formula is C25H35FIN5O. The summed E-state index contributed by atoms with van der Waals surface area (Å²) in [5.41, 5.74) is 2.15. The Bertz CT molecular complexity index is 855. The fourth-order valence-corrected chi connectivity index (χ4v) is 3.80. The van der Waals surface area contributed by atoms with E-state index in [9.17, 15) is 9.18 Å². The summed E-state index contributed by atoms with van der Waals surface area (Å²) in [5.74, 6) is 0.408. The number of carbonyl (C=O) groups is 1. The highest BCUT2D eigenvalue weighted by atomic mass is 127. The number of nitrogens with zero attached hydrogens (tertiary/aromatic N) is 2. The van der Waals surface area contributed by atoms with E-state index in [0.29, 0.717) is 19.1 Å². The zero-order chi connectivity index (χ0) is 22.6. The maximum absolute atomic E-state index is 13.0. The molecule has 0 unspecified atom stereocenters. The second kappa shape index (κ2) is 14.8. The van der Waals surface area contributed by atoms with E-state index in [0.717, 1.165) is 50.5 Å². The third kappa shape index (κ3) is 10.1. The van der Waals surface area contributed by atoms with Gasteiger partial charge in [0.25, 0.3) is 0 Å². The maximum atomic E-state index is 13.0. The van der Waals surface area contributed by atoms with Gasteiger partial charge >= 0.3 is 0 Å². The zero-order valence-electron chi connectivity index (χ0n) is 19.2. The first-order valence-electron chi connectivity index (χ1n) is 11.4. The molecule has 0 radical (unpaired) electrons. The molecule has 1 aliphatic heterocycles. The molecule has 1 heterocycles.